The average molecular weight is 320 g/mol. The van der Waals surface area contributed by atoms with Crippen molar-refractivity contribution in [2.75, 3.05) is 13.1 Å². The van der Waals surface area contributed by atoms with Crippen LogP contribution in [0.2, 0.25) is 5.02 Å². The number of hydrogen-bond donors (Lipinski definition) is 0. The number of piperidine rings is 1. The standard InChI is InChI=1S/C16H18ClN3O2/c1-11(21)13-3-2-8-20(9-13)10-15-18-16(19-22-15)12-4-6-14(17)7-5-12/h4-7,13H,2-3,8-10H2,1H3. The smallest absolute Gasteiger partial charge is 0.241 e. The highest BCUT2D eigenvalue weighted by molar-refractivity contribution is 6.30. The molecule has 2 heterocycles. The Morgan fingerprint density at radius 2 is 2.18 bits per heavy atom. The minimum atomic E-state index is 0.132. The largest absolute Gasteiger partial charge is 0.338 e. The third-order valence-corrected chi connectivity index (χ3v) is 4.26. The predicted octanol–water partition coefficient (Wildman–Crippen LogP) is 3.19. The lowest BCUT2D eigenvalue weighted by Gasteiger charge is -2.30. The normalized spacial score (nSPS) is 19.3. The molecule has 1 aromatic carbocycles. The van der Waals surface area contributed by atoms with Crippen molar-refractivity contribution < 1.29 is 9.32 Å². The molecule has 1 aliphatic heterocycles. The van der Waals surface area contributed by atoms with Crippen LogP contribution < -0.4 is 0 Å². The number of rotatable bonds is 4. The molecule has 1 fully saturated rings. The van der Waals surface area contributed by atoms with E-state index in [1.807, 2.05) is 12.1 Å². The van der Waals surface area contributed by atoms with Crippen LogP contribution in [0.5, 0.6) is 0 Å². The van der Waals surface area contributed by atoms with E-state index in [9.17, 15) is 4.79 Å². The topological polar surface area (TPSA) is 59.2 Å². The summed E-state index contributed by atoms with van der Waals surface area (Å²) in [5.41, 5.74) is 0.875. The van der Waals surface area contributed by atoms with Crippen LogP contribution in [-0.2, 0) is 11.3 Å². The van der Waals surface area contributed by atoms with Crippen molar-refractivity contribution in [3.63, 3.8) is 0 Å². The van der Waals surface area contributed by atoms with Crippen LogP contribution in [-0.4, -0.2) is 33.9 Å². The summed E-state index contributed by atoms with van der Waals surface area (Å²) >= 11 is 5.87. The van der Waals surface area contributed by atoms with Gasteiger partial charge in [0, 0.05) is 23.0 Å². The molecule has 1 aliphatic rings. The van der Waals surface area contributed by atoms with Gasteiger partial charge in [-0.2, -0.15) is 4.98 Å². The first kappa shape index (κ1) is 15.2. The molecular weight excluding hydrogens is 302 g/mol. The minimum Gasteiger partial charge on any atom is -0.338 e. The number of ketones is 1. The Labute approximate surface area is 134 Å². The summed E-state index contributed by atoms with van der Waals surface area (Å²) in [5, 5.41) is 4.69. The van der Waals surface area contributed by atoms with Crippen molar-refractivity contribution in [3.8, 4) is 11.4 Å². The molecule has 0 bridgehead atoms. The Balaban J connectivity index is 1.66. The maximum atomic E-state index is 11.5. The number of Topliss-reactive ketones (excluding diaryl/α,β-unsaturated/α-hetero) is 1. The summed E-state index contributed by atoms with van der Waals surface area (Å²) in [5.74, 6) is 1.53. The molecule has 2 aromatic rings. The Hall–Kier alpha value is -1.72. The number of carbonyl (C=O) groups is 1. The summed E-state index contributed by atoms with van der Waals surface area (Å²) in [4.78, 5) is 18.2. The highest BCUT2D eigenvalue weighted by atomic mass is 35.5. The summed E-state index contributed by atoms with van der Waals surface area (Å²) < 4.78 is 5.33. The van der Waals surface area contributed by atoms with Gasteiger partial charge in [-0.3, -0.25) is 9.69 Å². The second kappa shape index (κ2) is 6.58. The Morgan fingerprint density at radius 1 is 1.41 bits per heavy atom. The molecule has 1 unspecified atom stereocenters. The fourth-order valence-corrected chi connectivity index (χ4v) is 2.88. The van der Waals surface area contributed by atoms with Crippen LogP contribution in [0.25, 0.3) is 11.4 Å². The lowest BCUT2D eigenvalue weighted by atomic mass is 9.95. The first-order valence-electron chi connectivity index (χ1n) is 7.43. The first-order valence-corrected chi connectivity index (χ1v) is 7.81. The van der Waals surface area contributed by atoms with E-state index in [-0.39, 0.29) is 11.7 Å². The molecule has 1 aromatic heterocycles. The highest BCUT2D eigenvalue weighted by Gasteiger charge is 2.24. The summed E-state index contributed by atoms with van der Waals surface area (Å²) in [7, 11) is 0. The molecule has 3 rings (SSSR count). The zero-order valence-electron chi connectivity index (χ0n) is 12.5. The van der Waals surface area contributed by atoms with Gasteiger partial charge < -0.3 is 4.52 Å². The monoisotopic (exact) mass is 319 g/mol. The van der Waals surface area contributed by atoms with Gasteiger partial charge in [0.15, 0.2) is 0 Å². The maximum Gasteiger partial charge on any atom is 0.241 e. The molecule has 0 saturated carbocycles. The van der Waals surface area contributed by atoms with Crippen molar-refractivity contribution in [2.24, 2.45) is 5.92 Å². The lowest BCUT2D eigenvalue weighted by molar-refractivity contribution is -0.122. The highest BCUT2D eigenvalue weighted by Crippen LogP contribution is 2.21. The van der Waals surface area contributed by atoms with Gasteiger partial charge in [0.05, 0.1) is 6.54 Å². The van der Waals surface area contributed by atoms with E-state index in [0.717, 1.165) is 31.5 Å². The molecule has 22 heavy (non-hydrogen) atoms. The average Bonchev–Trinajstić information content (AvgIpc) is 2.96. The lowest BCUT2D eigenvalue weighted by Crippen LogP contribution is -2.37. The van der Waals surface area contributed by atoms with Crippen LogP contribution in [0.3, 0.4) is 0 Å². The predicted molar refractivity (Wildman–Crippen MR) is 83.4 cm³/mol. The third-order valence-electron chi connectivity index (χ3n) is 4.01. The molecule has 6 heteroatoms. The molecule has 0 N–H and O–H groups in total. The van der Waals surface area contributed by atoms with Gasteiger partial charge in [0.25, 0.3) is 0 Å². The number of halogens is 1. The Morgan fingerprint density at radius 3 is 2.91 bits per heavy atom. The number of likely N-dealkylation sites (tertiary alicyclic amines) is 1. The van der Waals surface area contributed by atoms with Crippen LogP contribution in [0.4, 0.5) is 0 Å². The molecule has 116 valence electrons. The van der Waals surface area contributed by atoms with Crippen molar-refractivity contribution in [1.29, 1.82) is 0 Å². The SMILES string of the molecule is CC(=O)C1CCCN(Cc2nc(-c3ccc(Cl)cc3)no2)C1. The van der Waals surface area contributed by atoms with E-state index in [2.05, 4.69) is 15.0 Å². The van der Waals surface area contributed by atoms with Crippen LogP contribution in [0.15, 0.2) is 28.8 Å². The van der Waals surface area contributed by atoms with Crippen LogP contribution >= 0.6 is 11.6 Å². The molecule has 5 nitrogen and oxygen atoms in total. The third kappa shape index (κ3) is 3.54. The van der Waals surface area contributed by atoms with Gasteiger partial charge in [0.1, 0.15) is 5.78 Å². The molecule has 0 spiro atoms. The Bertz CT molecular complexity index is 654. The molecular formula is C16H18ClN3O2. The maximum absolute atomic E-state index is 11.5. The van der Waals surface area contributed by atoms with Gasteiger partial charge in [-0.1, -0.05) is 16.8 Å². The zero-order valence-corrected chi connectivity index (χ0v) is 13.2. The van der Waals surface area contributed by atoms with Crippen molar-refractivity contribution in [3.05, 3.63) is 35.2 Å². The fraction of sp³-hybridized carbons (Fsp3) is 0.438. The van der Waals surface area contributed by atoms with Gasteiger partial charge in [-0.25, -0.2) is 0 Å². The summed E-state index contributed by atoms with van der Waals surface area (Å²) in [6.45, 7) is 3.99. The number of hydrogen-bond acceptors (Lipinski definition) is 5. The number of benzene rings is 1. The van der Waals surface area contributed by atoms with E-state index in [1.54, 1.807) is 19.1 Å². The second-order valence-electron chi connectivity index (χ2n) is 5.70. The van der Waals surface area contributed by atoms with Gasteiger partial charge in [-0.05, 0) is 50.6 Å². The second-order valence-corrected chi connectivity index (χ2v) is 6.14. The van der Waals surface area contributed by atoms with Crippen LogP contribution in [0, 0.1) is 5.92 Å². The molecule has 0 amide bonds. The van der Waals surface area contributed by atoms with Gasteiger partial charge >= 0.3 is 0 Å². The van der Waals surface area contributed by atoms with Crippen molar-refractivity contribution in [1.82, 2.24) is 15.0 Å². The number of carbonyl (C=O) groups excluding carboxylic acids is 1. The van der Waals surface area contributed by atoms with E-state index in [0.29, 0.717) is 23.3 Å². The Kier molecular flexibility index (Phi) is 4.55. The fourth-order valence-electron chi connectivity index (χ4n) is 2.76. The van der Waals surface area contributed by atoms with E-state index >= 15 is 0 Å². The van der Waals surface area contributed by atoms with E-state index < -0.39 is 0 Å². The van der Waals surface area contributed by atoms with Crippen molar-refractivity contribution >= 4 is 17.4 Å². The van der Waals surface area contributed by atoms with Crippen molar-refractivity contribution in [2.45, 2.75) is 26.3 Å². The minimum absolute atomic E-state index is 0.132. The zero-order chi connectivity index (χ0) is 15.5. The van der Waals surface area contributed by atoms with Crippen LogP contribution in [0.1, 0.15) is 25.7 Å². The van der Waals surface area contributed by atoms with E-state index in [4.69, 9.17) is 16.1 Å². The first-order chi connectivity index (χ1) is 10.6. The number of aromatic nitrogens is 2. The number of nitrogens with zero attached hydrogens (tertiary/aromatic N) is 3. The van der Waals surface area contributed by atoms with Gasteiger partial charge in [0.2, 0.25) is 11.7 Å². The molecule has 1 atom stereocenters. The summed E-state index contributed by atoms with van der Waals surface area (Å²) in [6.07, 6.45) is 2.01. The molecule has 0 aliphatic carbocycles. The summed E-state index contributed by atoms with van der Waals surface area (Å²) in [6, 6.07) is 7.33. The molecule has 1 saturated heterocycles. The molecule has 0 radical (unpaired) electrons. The van der Waals surface area contributed by atoms with Gasteiger partial charge in [-0.15, -0.1) is 0 Å². The van der Waals surface area contributed by atoms with E-state index in [1.165, 1.54) is 0 Å². The quantitative estimate of drug-likeness (QED) is 0.866.